The molecule has 5 heteroatoms. The molecule has 0 aliphatic carbocycles. The quantitative estimate of drug-likeness (QED) is 0.269. The van der Waals surface area contributed by atoms with Gasteiger partial charge in [-0.05, 0) is 23.3 Å². The first-order chi connectivity index (χ1) is 17.5. The van der Waals surface area contributed by atoms with Gasteiger partial charge in [-0.25, -0.2) is 9.59 Å². The van der Waals surface area contributed by atoms with Crippen LogP contribution in [0.25, 0.3) is 24.3 Å². The average Bonchev–Trinajstić information content (AvgIpc) is 2.91. The van der Waals surface area contributed by atoms with Gasteiger partial charge < -0.3 is 9.47 Å². The standard InChI is InChI=1S/C31H23NO4/c1-3-29(33)35-28-21-25(19-11-17-23-13-7-5-8-14-23)31(36-30(34)4-2)27(22-32)26(28)20-12-18-24-15-9-6-10-16-24/h3-21H,1-2H2. The molecule has 0 unspecified atom stereocenters. The molecule has 0 radical (unpaired) electrons. The lowest BCUT2D eigenvalue weighted by molar-refractivity contribution is -0.130. The molecule has 0 aromatic heterocycles. The molecule has 0 bridgehead atoms. The number of carbonyl (C=O) groups excluding carboxylic acids is 2. The van der Waals surface area contributed by atoms with Crippen molar-refractivity contribution < 1.29 is 19.1 Å². The molecular formula is C31H23NO4. The molecule has 0 heterocycles. The van der Waals surface area contributed by atoms with Crippen LogP contribution in [0.5, 0.6) is 11.5 Å². The number of allylic oxidation sites excluding steroid dienone is 2. The minimum atomic E-state index is -0.727. The van der Waals surface area contributed by atoms with Gasteiger partial charge in [0.1, 0.15) is 17.4 Å². The van der Waals surface area contributed by atoms with Gasteiger partial charge in [0.05, 0.1) is 0 Å². The molecule has 36 heavy (non-hydrogen) atoms. The molecule has 0 saturated carbocycles. The minimum Gasteiger partial charge on any atom is -0.423 e. The van der Waals surface area contributed by atoms with Crippen LogP contribution in [-0.2, 0) is 9.59 Å². The maximum Gasteiger partial charge on any atom is 0.335 e. The normalized spacial score (nSPS) is 11.9. The fourth-order valence-corrected chi connectivity index (χ4v) is 3.21. The summed E-state index contributed by atoms with van der Waals surface area (Å²) >= 11 is 0. The molecule has 3 aromatic rings. The van der Waals surface area contributed by atoms with E-state index < -0.39 is 11.9 Å². The van der Waals surface area contributed by atoms with Crippen LogP contribution in [-0.4, -0.2) is 11.9 Å². The Kier molecular flexibility index (Phi) is 9.09. The summed E-state index contributed by atoms with van der Waals surface area (Å²) in [7, 11) is 0. The summed E-state index contributed by atoms with van der Waals surface area (Å²) in [6.07, 6.45) is 12.5. The van der Waals surface area contributed by atoms with E-state index in [1.165, 1.54) is 6.07 Å². The highest BCUT2D eigenvalue weighted by Gasteiger charge is 2.16. The van der Waals surface area contributed by atoms with Crippen LogP contribution in [0, 0.1) is 11.3 Å². The Bertz CT molecular complexity index is 1490. The molecule has 0 atom stereocenters. The second kappa shape index (κ2) is 12.9. The molecule has 0 spiro atoms. The zero-order valence-electron chi connectivity index (χ0n) is 19.5. The second-order valence-corrected chi connectivity index (χ2v) is 7.32. The van der Waals surface area contributed by atoms with Gasteiger partial charge in [-0.1, -0.05) is 104 Å². The van der Waals surface area contributed by atoms with E-state index in [1.807, 2.05) is 72.8 Å². The monoisotopic (exact) mass is 473 g/mol. The van der Waals surface area contributed by atoms with E-state index in [1.54, 1.807) is 24.3 Å². The predicted molar refractivity (Wildman–Crippen MR) is 142 cm³/mol. The largest absolute Gasteiger partial charge is 0.423 e. The first kappa shape index (κ1) is 25.4. The van der Waals surface area contributed by atoms with Crippen LogP contribution >= 0.6 is 0 Å². The van der Waals surface area contributed by atoms with Crippen molar-refractivity contribution in [2.75, 3.05) is 0 Å². The van der Waals surface area contributed by atoms with Crippen molar-refractivity contribution in [3.63, 3.8) is 0 Å². The third-order valence-corrected chi connectivity index (χ3v) is 4.88. The highest BCUT2D eigenvalue weighted by Crippen LogP contribution is 2.16. The van der Waals surface area contributed by atoms with E-state index in [0.717, 1.165) is 23.3 Å². The molecule has 0 fully saturated rings. The molecule has 176 valence electrons. The van der Waals surface area contributed by atoms with Gasteiger partial charge in [0.2, 0.25) is 0 Å². The first-order valence-electron chi connectivity index (χ1n) is 11.0. The van der Waals surface area contributed by atoms with Crippen molar-refractivity contribution in [1.29, 1.82) is 5.26 Å². The van der Waals surface area contributed by atoms with Crippen LogP contribution in [0.2, 0.25) is 0 Å². The number of rotatable bonds is 8. The summed E-state index contributed by atoms with van der Waals surface area (Å²) in [5.74, 6) is -1.28. The third-order valence-electron chi connectivity index (χ3n) is 4.88. The van der Waals surface area contributed by atoms with Crippen LogP contribution in [0.1, 0.15) is 16.7 Å². The van der Waals surface area contributed by atoms with E-state index in [0.29, 0.717) is 5.22 Å². The molecule has 0 amide bonds. The highest BCUT2D eigenvalue weighted by molar-refractivity contribution is 5.85. The zero-order valence-corrected chi connectivity index (χ0v) is 19.5. The molecule has 0 N–H and O–H groups in total. The summed E-state index contributed by atoms with van der Waals surface area (Å²) in [5.41, 5.74) is 1.91. The molecule has 0 aliphatic rings. The van der Waals surface area contributed by atoms with Crippen LogP contribution in [0.3, 0.4) is 0 Å². The van der Waals surface area contributed by atoms with E-state index in [2.05, 4.69) is 19.2 Å². The van der Waals surface area contributed by atoms with Crippen LogP contribution in [0.15, 0.2) is 104 Å². The van der Waals surface area contributed by atoms with Crippen LogP contribution < -0.4 is 19.9 Å². The summed E-state index contributed by atoms with van der Waals surface area (Å²) in [6, 6.07) is 22.7. The maximum absolute atomic E-state index is 12.1. The van der Waals surface area contributed by atoms with Crippen LogP contribution in [0.4, 0.5) is 0 Å². The van der Waals surface area contributed by atoms with E-state index in [4.69, 9.17) is 9.47 Å². The Balaban J connectivity index is 2.25. The number of ether oxygens (including phenoxy) is 2. The number of esters is 2. The van der Waals surface area contributed by atoms with Crippen molar-refractivity contribution in [1.82, 2.24) is 0 Å². The highest BCUT2D eigenvalue weighted by atomic mass is 16.5. The molecular weight excluding hydrogens is 450 g/mol. The van der Waals surface area contributed by atoms with E-state index in [-0.39, 0.29) is 22.3 Å². The number of benzene rings is 3. The molecule has 3 rings (SSSR count). The number of nitrogens with zero attached hydrogens (tertiary/aromatic N) is 1. The second-order valence-electron chi connectivity index (χ2n) is 7.32. The lowest BCUT2D eigenvalue weighted by atomic mass is 10.1. The van der Waals surface area contributed by atoms with Gasteiger partial charge in [-0.2, -0.15) is 5.26 Å². The summed E-state index contributed by atoms with van der Waals surface area (Å²) in [5, 5.41) is 10.7. The lowest BCUT2D eigenvalue weighted by Gasteiger charge is -2.10. The van der Waals surface area contributed by atoms with Crippen molar-refractivity contribution in [3.8, 4) is 17.6 Å². The molecule has 0 aliphatic heterocycles. The predicted octanol–water partition coefficient (Wildman–Crippen LogP) is 4.73. The first-order valence-corrected chi connectivity index (χ1v) is 11.0. The summed E-state index contributed by atoms with van der Waals surface area (Å²) in [4.78, 5) is 24.2. The summed E-state index contributed by atoms with van der Waals surface area (Å²) in [6.45, 7) is 6.88. The van der Waals surface area contributed by atoms with Crippen molar-refractivity contribution in [3.05, 3.63) is 131 Å². The fourth-order valence-electron chi connectivity index (χ4n) is 3.21. The topological polar surface area (TPSA) is 76.4 Å². The lowest BCUT2D eigenvalue weighted by Crippen LogP contribution is -2.24. The zero-order chi connectivity index (χ0) is 25.8. The smallest absolute Gasteiger partial charge is 0.335 e. The van der Waals surface area contributed by atoms with Crippen molar-refractivity contribution in [2.45, 2.75) is 0 Å². The van der Waals surface area contributed by atoms with Gasteiger partial charge in [0, 0.05) is 22.6 Å². The van der Waals surface area contributed by atoms with Gasteiger partial charge >= 0.3 is 11.9 Å². The Labute approximate surface area is 209 Å². The average molecular weight is 474 g/mol. The molecule has 5 nitrogen and oxygen atoms in total. The molecule has 0 saturated heterocycles. The molecule has 3 aromatic carbocycles. The fraction of sp³-hybridized carbons (Fsp3) is 0. The third kappa shape index (κ3) is 6.89. The summed E-state index contributed by atoms with van der Waals surface area (Å²) < 4.78 is 10.9. The van der Waals surface area contributed by atoms with E-state index in [9.17, 15) is 14.9 Å². The Morgan fingerprint density at radius 1 is 0.778 bits per heavy atom. The number of hydrogen-bond donors (Lipinski definition) is 0. The number of nitriles is 1. The Morgan fingerprint density at radius 3 is 1.83 bits per heavy atom. The number of hydrogen-bond acceptors (Lipinski definition) is 5. The van der Waals surface area contributed by atoms with Gasteiger partial charge in [-0.3, -0.25) is 0 Å². The Hall–Kier alpha value is -5.21. The minimum absolute atomic E-state index is 0.0247. The SMILES string of the molecule is C=CC(=O)Oc1c(C#N)c(=CC=Cc2ccccc2)c(OC(=O)C=C)cc1=CC=Cc1ccccc1. The number of carbonyl (C=O) groups is 2. The van der Waals surface area contributed by atoms with Gasteiger partial charge in [0.25, 0.3) is 0 Å². The van der Waals surface area contributed by atoms with Gasteiger partial charge in [0.15, 0.2) is 5.75 Å². The van der Waals surface area contributed by atoms with Crippen molar-refractivity contribution >= 4 is 36.2 Å². The maximum atomic E-state index is 12.1. The van der Waals surface area contributed by atoms with Crippen molar-refractivity contribution in [2.24, 2.45) is 0 Å². The van der Waals surface area contributed by atoms with E-state index >= 15 is 0 Å². The van der Waals surface area contributed by atoms with Gasteiger partial charge in [-0.15, -0.1) is 0 Å². The Morgan fingerprint density at radius 2 is 1.31 bits per heavy atom.